The van der Waals surface area contributed by atoms with Crippen LogP contribution < -0.4 is 4.74 Å². The molecule has 0 aliphatic rings. The first-order valence-corrected chi connectivity index (χ1v) is 12.1. The maximum Gasteiger partial charge on any atom is 0.377 e. The third kappa shape index (κ3) is 6.05. The van der Waals surface area contributed by atoms with Gasteiger partial charge in [-0.25, -0.2) is 4.79 Å². The van der Waals surface area contributed by atoms with Crippen LogP contribution in [0.3, 0.4) is 0 Å². The van der Waals surface area contributed by atoms with Crippen molar-refractivity contribution in [3.63, 3.8) is 0 Å². The van der Waals surface area contributed by atoms with Crippen LogP contribution in [0, 0.1) is 11.5 Å². The van der Waals surface area contributed by atoms with Crippen LogP contribution in [0.15, 0.2) is 60.6 Å². The first kappa shape index (κ1) is 20.3. The van der Waals surface area contributed by atoms with Crippen molar-refractivity contribution in [1.29, 1.82) is 0 Å². The van der Waals surface area contributed by atoms with Gasteiger partial charge < -0.3 is 14.2 Å². The maximum absolute atomic E-state index is 12.0. The fourth-order valence-electron chi connectivity index (χ4n) is 2.24. The standard InChI is InChI=1S/C22H24O4Si/c1-24-16-21(22(23)25-2)26-20-15-17(13-14-27(3,4)5)11-12-19(20)18-9-7-6-8-10-18/h6-12,15-16H,1-5H3/b21-16-. The van der Waals surface area contributed by atoms with Gasteiger partial charge in [0.1, 0.15) is 20.1 Å². The number of carbonyl (C=O) groups excluding carboxylic acids is 1. The summed E-state index contributed by atoms with van der Waals surface area (Å²) in [5.41, 5.74) is 5.99. The van der Waals surface area contributed by atoms with Crippen LogP contribution in [0.25, 0.3) is 11.1 Å². The molecule has 140 valence electrons. The molecular formula is C22H24O4Si. The first-order chi connectivity index (χ1) is 12.8. The van der Waals surface area contributed by atoms with Gasteiger partial charge in [0, 0.05) is 11.1 Å². The van der Waals surface area contributed by atoms with Gasteiger partial charge in [-0.15, -0.1) is 5.54 Å². The molecule has 0 fully saturated rings. The molecule has 0 aliphatic carbocycles. The van der Waals surface area contributed by atoms with Gasteiger partial charge in [0.25, 0.3) is 0 Å². The van der Waals surface area contributed by atoms with E-state index >= 15 is 0 Å². The number of hydrogen-bond donors (Lipinski definition) is 0. The summed E-state index contributed by atoms with van der Waals surface area (Å²) >= 11 is 0. The lowest BCUT2D eigenvalue weighted by Crippen LogP contribution is -2.16. The predicted molar refractivity (Wildman–Crippen MR) is 110 cm³/mol. The molecule has 0 spiro atoms. The quantitative estimate of drug-likeness (QED) is 0.250. The number of benzene rings is 2. The second-order valence-electron chi connectivity index (χ2n) is 6.89. The second kappa shape index (κ2) is 9.11. The Balaban J connectivity index is 2.53. The summed E-state index contributed by atoms with van der Waals surface area (Å²) in [6.45, 7) is 6.56. The van der Waals surface area contributed by atoms with Crippen LogP contribution >= 0.6 is 0 Å². The number of carbonyl (C=O) groups is 1. The molecule has 0 saturated carbocycles. The molecule has 27 heavy (non-hydrogen) atoms. The molecule has 4 nitrogen and oxygen atoms in total. The fourth-order valence-corrected chi connectivity index (χ4v) is 2.76. The summed E-state index contributed by atoms with van der Waals surface area (Å²) < 4.78 is 15.6. The number of esters is 1. The van der Waals surface area contributed by atoms with Crippen LogP contribution in [0.5, 0.6) is 5.75 Å². The van der Waals surface area contributed by atoms with Crippen molar-refractivity contribution < 1.29 is 19.0 Å². The zero-order valence-corrected chi connectivity index (χ0v) is 17.3. The lowest BCUT2D eigenvalue weighted by molar-refractivity contribution is -0.138. The van der Waals surface area contributed by atoms with Gasteiger partial charge in [-0.1, -0.05) is 55.9 Å². The normalized spacial score (nSPS) is 11.2. The van der Waals surface area contributed by atoms with Crippen LogP contribution in [-0.4, -0.2) is 28.3 Å². The summed E-state index contributed by atoms with van der Waals surface area (Å²) in [4.78, 5) is 12.0. The first-order valence-electron chi connectivity index (χ1n) is 8.56. The van der Waals surface area contributed by atoms with Crippen molar-refractivity contribution in [1.82, 2.24) is 0 Å². The van der Waals surface area contributed by atoms with E-state index in [9.17, 15) is 4.79 Å². The third-order valence-electron chi connectivity index (χ3n) is 3.48. The molecule has 2 aromatic rings. The monoisotopic (exact) mass is 380 g/mol. The van der Waals surface area contributed by atoms with Crippen molar-refractivity contribution in [3.05, 3.63) is 66.1 Å². The van der Waals surface area contributed by atoms with E-state index in [0.717, 1.165) is 16.7 Å². The van der Waals surface area contributed by atoms with Crippen molar-refractivity contribution >= 4 is 14.0 Å². The Hall–Kier alpha value is -2.97. The Morgan fingerprint density at radius 1 is 1.04 bits per heavy atom. The van der Waals surface area contributed by atoms with E-state index in [1.807, 2.05) is 48.5 Å². The average molecular weight is 381 g/mol. The highest BCUT2D eigenvalue weighted by Crippen LogP contribution is 2.32. The smallest absolute Gasteiger partial charge is 0.377 e. The van der Waals surface area contributed by atoms with Crippen molar-refractivity contribution in [2.75, 3.05) is 14.2 Å². The minimum absolute atomic E-state index is 0.0347. The van der Waals surface area contributed by atoms with Crippen LogP contribution in [0.4, 0.5) is 0 Å². The molecule has 0 atom stereocenters. The molecule has 2 aromatic carbocycles. The summed E-state index contributed by atoms with van der Waals surface area (Å²) in [7, 11) is 1.23. The molecule has 0 saturated heterocycles. The molecule has 0 aliphatic heterocycles. The van der Waals surface area contributed by atoms with Crippen LogP contribution in [0.1, 0.15) is 5.56 Å². The van der Waals surface area contributed by atoms with Gasteiger partial charge in [0.05, 0.1) is 14.2 Å². The zero-order chi connectivity index (χ0) is 19.9. The minimum Gasteiger partial charge on any atom is -0.500 e. The largest absolute Gasteiger partial charge is 0.500 e. The highest BCUT2D eigenvalue weighted by Gasteiger charge is 2.17. The highest BCUT2D eigenvalue weighted by atomic mass is 28.3. The van der Waals surface area contributed by atoms with Gasteiger partial charge in [-0.05, 0) is 23.8 Å². The SMILES string of the molecule is CO/C=C(\Oc1cc(C#C[Si](C)(C)C)ccc1-c1ccccc1)C(=O)OC. The molecule has 0 bridgehead atoms. The summed E-state index contributed by atoms with van der Waals surface area (Å²) in [5.74, 6) is 3.08. The maximum atomic E-state index is 12.0. The highest BCUT2D eigenvalue weighted by molar-refractivity contribution is 6.83. The van der Waals surface area contributed by atoms with Gasteiger partial charge >= 0.3 is 5.97 Å². The Bertz CT molecular complexity index is 884. The lowest BCUT2D eigenvalue weighted by atomic mass is 10.0. The molecular weight excluding hydrogens is 356 g/mol. The topological polar surface area (TPSA) is 44.8 Å². The third-order valence-corrected chi connectivity index (χ3v) is 4.35. The fraction of sp³-hybridized carbons (Fsp3) is 0.227. The van der Waals surface area contributed by atoms with E-state index in [1.54, 1.807) is 0 Å². The summed E-state index contributed by atoms with van der Waals surface area (Å²) in [5, 5.41) is 0. The Morgan fingerprint density at radius 3 is 2.33 bits per heavy atom. The Morgan fingerprint density at radius 2 is 1.74 bits per heavy atom. The Kier molecular flexibility index (Phi) is 6.86. The van der Waals surface area contributed by atoms with E-state index in [0.29, 0.717) is 5.75 Å². The predicted octanol–water partition coefficient (Wildman–Crippen LogP) is 4.62. The van der Waals surface area contributed by atoms with E-state index in [1.165, 1.54) is 20.5 Å². The van der Waals surface area contributed by atoms with E-state index in [-0.39, 0.29) is 5.76 Å². The zero-order valence-electron chi connectivity index (χ0n) is 16.3. The lowest BCUT2D eigenvalue weighted by Gasteiger charge is -2.13. The van der Waals surface area contributed by atoms with Crippen molar-refractivity contribution in [2.24, 2.45) is 0 Å². The van der Waals surface area contributed by atoms with E-state index in [4.69, 9.17) is 14.2 Å². The molecule has 0 amide bonds. The molecule has 0 unspecified atom stereocenters. The van der Waals surface area contributed by atoms with Crippen LogP contribution in [-0.2, 0) is 14.3 Å². The van der Waals surface area contributed by atoms with Crippen LogP contribution in [0.2, 0.25) is 19.6 Å². The second-order valence-corrected chi connectivity index (χ2v) is 11.6. The molecule has 0 N–H and O–H groups in total. The van der Waals surface area contributed by atoms with Gasteiger partial charge in [-0.3, -0.25) is 0 Å². The Labute approximate surface area is 161 Å². The molecule has 0 radical (unpaired) electrons. The summed E-state index contributed by atoms with van der Waals surface area (Å²) in [6.07, 6.45) is 1.22. The number of rotatable bonds is 5. The average Bonchev–Trinajstić information content (AvgIpc) is 2.65. The van der Waals surface area contributed by atoms with Gasteiger partial charge in [0.2, 0.25) is 5.76 Å². The van der Waals surface area contributed by atoms with Gasteiger partial charge in [0.15, 0.2) is 0 Å². The van der Waals surface area contributed by atoms with Gasteiger partial charge in [-0.2, -0.15) is 0 Å². The van der Waals surface area contributed by atoms with Crippen molar-refractivity contribution in [3.8, 4) is 28.3 Å². The summed E-state index contributed by atoms with van der Waals surface area (Å²) in [6, 6.07) is 15.5. The van der Waals surface area contributed by atoms with E-state index in [2.05, 4.69) is 31.1 Å². The molecule has 2 rings (SSSR count). The van der Waals surface area contributed by atoms with Crippen molar-refractivity contribution in [2.45, 2.75) is 19.6 Å². The number of ether oxygens (including phenoxy) is 3. The number of methoxy groups -OCH3 is 2. The van der Waals surface area contributed by atoms with E-state index < -0.39 is 14.0 Å². The molecule has 0 heterocycles. The molecule has 5 heteroatoms. The number of hydrogen-bond acceptors (Lipinski definition) is 4. The molecule has 0 aromatic heterocycles. The minimum atomic E-state index is -1.51.